The van der Waals surface area contributed by atoms with Gasteiger partial charge < -0.3 is 4.57 Å². The molecule has 5 heteroatoms. The summed E-state index contributed by atoms with van der Waals surface area (Å²) in [5.74, 6) is 0.572. The number of benzene rings is 7. The number of para-hydroxylation sites is 2. The smallest absolute Gasteiger partial charge is 0.235 e. The Morgan fingerprint density at radius 1 is 0.466 bits per heavy atom. The van der Waals surface area contributed by atoms with Crippen LogP contribution in [0.2, 0.25) is 0 Å². The van der Waals surface area contributed by atoms with Crippen molar-refractivity contribution in [2.45, 2.75) is 12.5 Å². The van der Waals surface area contributed by atoms with Crippen molar-refractivity contribution in [3.63, 3.8) is 0 Å². The van der Waals surface area contributed by atoms with Crippen LogP contribution in [0.25, 0.3) is 83.2 Å². The van der Waals surface area contributed by atoms with Gasteiger partial charge in [-0.2, -0.15) is 0 Å². The summed E-state index contributed by atoms with van der Waals surface area (Å²) in [6, 6.07) is 60.6. The Morgan fingerprint density at radius 3 is 1.78 bits per heavy atom. The Morgan fingerprint density at radius 2 is 1.03 bits per heavy atom. The van der Waals surface area contributed by atoms with Gasteiger partial charge in [-0.3, -0.25) is 9.36 Å². The first-order valence-corrected chi connectivity index (χ1v) is 19.7. The van der Waals surface area contributed by atoms with E-state index in [0.717, 1.165) is 61.9 Å². The lowest BCUT2D eigenvalue weighted by Crippen LogP contribution is -2.06. The zero-order chi connectivity index (χ0) is 38.6. The summed E-state index contributed by atoms with van der Waals surface area (Å²) < 4.78 is 4.68. The minimum absolute atomic E-state index is 0.00899. The van der Waals surface area contributed by atoms with Crippen LogP contribution in [0.4, 0.5) is 0 Å². The molecule has 7 aromatic carbocycles. The maximum Gasteiger partial charge on any atom is 0.235 e. The number of aromatic nitrogens is 4. The molecule has 0 N–H and O–H groups in total. The molecule has 1 unspecified atom stereocenters. The monoisotopic (exact) mass is 744 g/mol. The summed E-state index contributed by atoms with van der Waals surface area (Å²) >= 11 is 0. The number of ketones is 1. The first kappa shape index (κ1) is 33.7. The van der Waals surface area contributed by atoms with Gasteiger partial charge in [0.15, 0.2) is 5.78 Å². The molecule has 0 spiro atoms. The Hall–Kier alpha value is -7.63. The molecule has 0 amide bonds. The van der Waals surface area contributed by atoms with E-state index < -0.39 is 0 Å². The first-order valence-electron chi connectivity index (χ1n) is 19.7. The molecular formula is C53H36N4O. The highest BCUT2D eigenvalue weighted by molar-refractivity contribution is 6.12. The minimum atomic E-state index is -0.00899. The van der Waals surface area contributed by atoms with Crippen molar-refractivity contribution >= 4 is 49.4 Å². The van der Waals surface area contributed by atoms with Crippen molar-refractivity contribution in [3.8, 4) is 39.6 Å². The lowest BCUT2D eigenvalue weighted by molar-refractivity contribution is 0.103. The van der Waals surface area contributed by atoms with Crippen LogP contribution in [0.15, 0.2) is 200 Å². The van der Waals surface area contributed by atoms with Crippen LogP contribution in [0.1, 0.15) is 28.4 Å². The second kappa shape index (κ2) is 13.8. The molecule has 10 aromatic rings. The fourth-order valence-electron chi connectivity index (χ4n) is 8.65. The van der Waals surface area contributed by atoms with Gasteiger partial charge in [0.05, 0.1) is 28.5 Å². The third-order valence-corrected chi connectivity index (χ3v) is 11.5. The zero-order valence-corrected chi connectivity index (χ0v) is 31.5. The van der Waals surface area contributed by atoms with Gasteiger partial charge in [-0.25, -0.2) is 9.97 Å². The Bertz CT molecular complexity index is 3260. The first-order chi connectivity index (χ1) is 28.7. The maximum absolute atomic E-state index is 13.3. The van der Waals surface area contributed by atoms with E-state index >= 15 is 0 Å². The van der Waals surface area contributed by atoms with E-state index in [-0.39, 0.29) is 11.8 Å². The standard InChI is InChI=1S/C53H36N4O/c58-52(37-16-6-2-7-17-37)38-26-24-36(25-27-38)47-34-46(35-14-4-1-5-15-35)54-53(55-47)57-49-23-13-10-20-42(49)44-30-28-40(33-51(44)57)39-29-31-50-45(32-39)43-21-11-12-22-48(43)56(50)41-18-8-3-9-19-41/h1-18,20-34,41H,19H2. The van der Waals surface area contributed by atoms with Crippen molar-refractivity contribution in [1.29, 1.82) is 0 Å². The highest BCUT2D eigenvalue weighted by atomic mass is 16.1. The molecule has 11 rings (SSSR count). The summed E-state index contributed by atoms with van der Waals surface area (Å²) in [6.45, 7) is 0. The predicted octanol–water partition coefficient (Wildman–Crippen LogP) is 13.0. The second-order valence-electron chi connectivity index (χ2n) is 14.9. The van der Waals surface area contributed by atoms with Gasteiger partial charge in [0.1, 0.15) is 0 Å². The average molecular weight is 745 g/mol. The number of carbonyl (C=O) groups is 1. The van der Waals surface area contributed by atoms with Crippen molar-refractivity contribution in [2.24, 2.45) is 0 Å². The number of hydrogen-bond acceptors (Lipinski definition) is 3. The van der Waals surface area contributed by atoms with E-state index in [4.69, 9.17) is 9.97 Å². The highest BCUT2D eigenvalue weighted by Crippen LogP contribution is 2.39. The Labute approximate surface area is 335 Å². The minimum Gasteiger partial charge on any atom is -0.333 e. The van der Waals surface area contributed by atoms with Crippen molar-refractivity contribution in [1.82, 2.24) is 19.1 Å². The molecule has 0 aliphatic heterocycles. The van der Waals surface area contributed by atoms with Crippen LogP contribution < -0.4 is 0 Å². The molecule has 1 atom stereocenters. The lowest BCUT2D eigenvalue weighted by atomic mass is 10.0. The van der Waals surface area contributed by atoms with E-state index in [9.17, 15) is 4.79 Å². The van der Waals surface area contributed by atoms with Crippen LogP contribution in [0.5, 0.6) is 0 Å². The summed E-state index contributed by atoms with van der Waals surface area (Å²) in [6.07, 6.45) is 9.82. The molecular weight excluding hydrogens is 709 g/mol. The largest absolute Gasteiger partial charge is 0.333 e. The van der Waals surface area contributed by atoms with Gasteiger partial charge >= 0.3 is 0 Å². The fourth-order valence-corrected chi connectivity index (χ4v) is 8.65. The molecule has 1 aliphatic rings. The van der Waals surface area contributed by atoms with Crippen LogP contribution in [-0.2, 0) is 0 Å². The molecule has 0 saturated carbocycles. The van der Waals surface area contributed by atoms with Gasteiger partial charge in [0, 0.05) is 54.8 Å². The quantitative estimate of drug-likeness (QED) is 0.153. The Balaban J connectivity index is 1.07. The summed E-state index contributed by atoms with van der Waals surface area (Å²) in [5, 5.41) is 4.77. The van der Waals surface area contributed by atoms with E-state index in [1.54, 1.807) is 0 Å². The second-order valence-corrected chi connectivity index (χ2v) is 14.9. The third-order valence-electron chi connectivity index (χ3n) is 11.5. The van der Waals surface area contributed by atoms with Gasteiger partial charge in [0.2, 0.25) is 5.95 Å². The number of hydrogen-bond donors (Lipinski definition) is 0. The van der Waals surface area contributed by atoms with Crippen molar-refractivity contribution in [2.75, 3.05) is 0 Å². The maximum atomic E-state index is 13.3. The van der Waals surface area contributed by atoms with E-state index in [1.807, 2.05) is 78.9 Å². The highest BCUT2D eigenvalue weighted by Gasteiger charge is 2.20. The lowest BCUT2D eigenvalue weighted by Gasteiger charge is -2.18. The SMILES string of the molecule is O=C(c1ccccc1)c1ccc(-c2cc(-c3ccccc3)nc(-n3c4ccccc4c4ccc(-c5ccc6c(c5)c5ccccc5n6C5C=CC=CC5)cc43)n2)cc1. The van der Waals surface area contributed by atoms with Crippen LogP contribution in [0.3, 0.4) is 0 Å². The molecule has 3 aromatic heterocycles. The van der Waals surface area contributed by atoms with Gasteiger partial charge in [-0.1, -0.05) is 164 Å². The number of rotatable bonds is 7. The van der Waals surface area contributed by atoms with Crippen LogP contribution in [-0.4, -0.2) is 24.9 Å². The van der Waals surface area contributed by atoms with Gasteiger partial charge in [-0.15, -0.1) is 0 Å². The summed E-state index contributed by atoms with van der Waals surface area (Å²) in [5.41, 5.74) is 11.6. The molecule has 1 aliphatic carbocycles. The van der Waals surface area contributed by atoms with Crippen molar-refractivity contribution in [3.05, 3.63) is 211 Å². The summed E-state index contributed by atoms with van der Waals surface area (Å²) in [7, 11) is 0. The van der Waals surface area contributed by atoms with Crippen molar-refractivity contribution < 1.29 is 4.79 Å². The van der Waals surface area contributed by atoms with Gasteiger partial charge in [0.25, 0.3) is 0 Å². The van der Waals surface area contributed by atoms with Crippen LogP contribution in [0, 0.1) is 0 Å². The normalized spacial score (nSPS) is 13.9. The van der Waals surface area contributed by atoms with E-state index in [0.29, 0.717) is 17.1 Å². The fraction of sp³-hybridized carbons (Fsp3) is 0.0377. The summed E-state index contributed by atoms with van der Waals surface area (Å²) in [4.78, 5) is 23.8. The van der Waals surface area contributed by atoms with E-state index in [1.165, 1.54) is 21.8 Å². The number of carbonyl (C=O) groups excluding carboxylic acids is 1. The molecule has 274 valence electrons. The predicted molar refractivity (Wildman–Crippen MR) is 237 cm³/mol. The number of allylic oxidation sites excluding steroid dienone is 4. The third kappa shape index (κ3) is 5.67. The Kier molecular flexibility index (Phi) is 8.04. The van der Waals surface area contributed by atoms with E-state index in [2.05, 4.69) is 131 Å². The molecule has 0 fully saturated rings. The van der Waals surface area contributed by atoms with Gasteiger partial charge in [-0.05, 0) is 53.9 Å². The molecule has 58 heavy (non-hydrogen) atoms. The average Bonchev–Trinajstić information content (AvgIpc) is 3.82. The van der Waals surface area contributed by atoms with Crippen LogP contribution >= 0.6 is 0 Å². The topological polar surface area (TPSA) is 52.7 Å². The number of nitrogens with zero attached hydrogens (tertiary/aromatic N) is 4. The molecule has 5 nitrogen and oxygen atoms in total. The number of fused-ring (bicyclic) bond motifs is 6. The molecule has 0 saturated heterocycles. The molecule has 3 heterocycles. The molecule has 0 radical (unpaired) electrons. The molecule has 0 bridgehead atoms. The zero-order valence-electron chi connectivity index (χ0n) is 31.5.